The Kier molecular flexibility index (Phi) is 4.20. The van der Waals surface area contributed by atoms with Gasteiger partial charge < -0.3 is 10.2 Å². The molecule has 1 atom stereocenters. The van der Waals surface area contributed by atoms with Crippen LogP contribution in [0.1, 0.15) is 36.0 Å². The fourth-order valence-electron chi connectivity index (χ4n) is 2.73. The highest BCUT2D eigenvalue weighted by Crippen LogP contribution is 2.30. The highest BCUT2D eigenvalue weighted by atomic mass is 35.5. The maximum Gasteiger partial charge on any atom is 0.254 e. The van der Waals surface area contributed by atoms with E-state index in [0.29, 0.717) is 27.7 Å². The highest BCUT2D eigenvalue weighted by Gasteiger charge is 2.35. The first-order valence-electron chi connectivity index (χ1n) is 7.14. The minimum Gasteiger partial charge on any atom is -0.334 e. The van der Waals surface area contributed by atoms with Gasteiger partial charge in [0, 0.05) is 24.2 Å². The van der Waals surface area contributed by atoms with Crippen molar-refractivity contribution in [3.63, 3.8) is 0 Å². The second kappa shape index (κ2) is 5.92. The number of rotatable bonds is 4. The van der Waals surface area contributed by atoms with Gasteiger partial charge in [-0.2, -0.15) is 0 Å². The quantitative estimate of drug-likeness (QED) is 0.924. The molecule has 3 rings (SSSR count). The lowest BCUT2D eigenvalue weighted by molar-refractivity contribution is 0.0728. The summed E-state index contributed by atoms with van der Waals surface area (Å²) >= 11 is 11.9. The lowest BCUT2D eigenvalue weighted by Crippen LogP contribution is -2.42. The Morgan fingerprint density at radius 1 is 1.25 bits per heavy atom. The molecule has 0 bridgehead atoms. The minimum absolute atomic E-state index is 0.0692. The molecule has 5 heteroatoms. The summed E-state index contributed by atoms with van der Waals surface area (Å²) in [4.78, 5) is 14.7. The van der Waals surface area contributed by atoms with Crippen LogP contribution in [-0.2, 0) is 0 Å². The fourth-order valence-corrected chi connectivity index (χ4v) is 3.03. The van der Waals surface area contributed by atoms with Gasteiger partial charge in [-0.05, 0) is 50.4 Å². The van der Waals surface area contributed by atoms with E-state index in [1.807, 2.05) is 4.90 Å². The Hall–Kier alpha value is -0.770. The van der Waals surface area contributed by atoms with Crippen LogP contribution >= 0.6 is 23.2 Å². The average Bonchev–Trinajstić information content (AvgIpc) is 3.15. The van der Waals surface area contributed by atoms with E-state index in [9.17, 15) is 4.79 Å². The summed E-state index contributed by atoms with van der Waals surface area (Å²) < 4.78 is 0. The van der Waals surface area contributed by atoms with Gasteiger partial charge in [0.2, 0.25) is 0 Å². The van der Waals surface area contributed by atoms with Crippen LogP contribution in [0.2, 0.25) is 10.0 Å². The normalized spacial score (nSPS) is 22.0. The van der Waals surface area contributed by atoms with Crippen LogP contribution in [0.3, 0.4) is 0 Å². The van der Waals surface area contributed by atoms with Gasteiger partial charge in [-0.1, -0.05) is 23.2 Å². The maximum atomic E-state index is 12.7. The van der Waals surface area contributed by atoms with Crippen LogP contribution in [-0.4, -0.2) is 36.0 Å². The van der Waals surface area contributed by atoms with Crippen molar-refractivity contribution in [3.05, 3.63) is 33.8 Å². The lowest BCUT2D eigenvalue weighted by atomic mass is 10.1. The van der Waals surface area contributed by atoms with Gasteiger partial charge in [-0.15, -0.1) is 0 Å². The lowest BCUT2D eigenvalue weighted by Gasteiger charge is -2.26. The van der Waals surface area contributed by atoms with Crippen molar-refractivity contribution in [3.8, 4) is 0 Å². The predicted octanol–water partition coefficient (Wildman–Crippen LogP) is 3.35. The topological polar surface area (TPSA) is 32.3 Å². The van der Waals surface area contributed by atoms with Gasteiger partial charge in [-0.25, -0.2) is 0 Å². The molecule has 1 N–H and O–H groups in total. The second-order valence-electron chi connectivity index (χ2n) is 5.61. The van der Waals surface area contributed by atoms with Crippen molar-refractivity contribution < 1.29 is 4.79 Å². The molecule has 1 amide bonds. The van der Waals surface area contributed by atoms with Crippen LogP contribution in [0.4, 0.5) is 0 Å². The molecule has 1 aromatic carbocycles. The molecule has 1 aliphatic heterocycles. The zero-order valence-corrected chi connectivity index (χ0v) is 12.8. The standard InChI is InChI=1S/C15H18Cl2N2O/c16-13-6-3-10(8-14(13)17)15(20)19(12-4-5-12)9-11-2-1-7-18-11/h3,6,8,11-12,18H,1-2,4-5,7,9H2. The van der Waals surface area contributed by atoms with Crippen molar-refractivity contribution in [2.45, 2.75) is 37.8 Å². The van der Waals surface area contributed by atoms with Gasteiger partial charge in [0.05, 0.1) is 10.0 Å². The van der Waals surface area contributed by atoms with E-state index in [1.54, 1.807) is 18.2 Å². The first kappa shape index (κ1) is 14.2. The first-order valence-corrected chi connectivity index (χ1v) is 7.90. The van der Waals surface area contributed by atoms with E-state index < -0.39 is 0 Å². The fraction of sp³-hybridized carbons (Fsp3) is 0.533. The summed E-state index contributed by atoms with van der Waals surface area (Å²) in [5.41, 5.74) is 0.629. The van der Waals surface area contributed by atoms with Crippen LogP contribution in [0.25, 0.3) is 0 Å². The summed E-state index contributed by atoms with van der Waals surface area (Å²) in [6.07, 6.45) is 4.57. The zero-order chi connectivity index (χ0) is 14.1. The Labute approximate surface area is 129 Å². The Bertz CT molecular complexity index is 511. The summed E-state index contributed by atoms with van der Waals surface area (Å²) in [7, 11) is 0. The number of amides is 1. The molecular formula is C15H18Cl2N2O. The number of benzene rings is 1. The van der Waals surface area contributed by atoms with E-state index in [1.165, 1.54) is 6.42 Å². The van der Waals surface area contributed by atoms with Gasteiger partial charge in [0.1, 0.15) is 0 Å². The average molecular weight is 313 g/mol. The molecule has 2 aliphatic rings. The van der Waals surface area contributed by atoms with Crippen molar-refractivity contribution in [2.75, 3.05) is 13.1 Å². The molecule has 20 heavy (non-hydrogen) atoms. The maximum absolute atomic E-state index is 12.7. The zero-order valence-electron chi connectivity index (χ0n) is 11.2. The number of hydrogen-bond acceptors (Lipinski definition) is 2. The van der Waals surface area contributed by atoms with Gasteiger partial charge >= 0.3 is 0 Å². The van der Waals surface area contributed by atoms with Crippen molar-refractivity contribution in [2.24, 2.45) is 0 Å². The monoisotopic (exact) mass is 312 g/mol. The molecule has 108 valence electrons. The summed E-state index contributed by atoms with van der Waals surface area (Å²) in [6, 6.07) is 5.95. The smallest absolute Gasteiger partial charge is 0.254 e. The molecule has 0 radical (unpaired) electrons. The number of nitrogens with zero attached hydrogens (tertiary/aromatic N) is 1. The van der Waals surface area contributed by atoms with Crippen LogP contribution < -0.4 is 5.32 Å². The molecule has 1 aromatic rings. The minimum atomic E-state index is 0.0692. The summed E-state index contributed by atoms with van der Waals surface area (Å²) in [5.74, 6) is 0.0692. The van der Waals surface area contributed by atoms with Crippen molar-refractivity contribution in [1.82, 2.24) is 10.2 Å². The largest absolute Gasteiger partial charge is 0.334 e. The highest BCUT2D eigenvalue weighted by molar-refractivity contribution is 6.42. The third kappa shape index (κ3) is 3.11. The number of nitrogens with one attached hydrogen (secondary N) is 1. The SMILES string of the molecule is O=C(c1ccc(Cl)c(Cl)c1)N(CC1CCCN1)C1CC1. The molecule has 1 aliphatic carbocycles. The third-order valence-electron chi connectivity index (χ3n) is 3.99. The van der Waals surface area contributed by atoms with Gasteiger partial charge in [-0.3, -0.25) is 4.79 Å². The summed E-state index contributed by atoms with van der Waals surface area (Å²) in [6.45, 7) is 1.86. The molecule has 1 unspecified atom stereocenters. The summed E-state index contributed by atoms with van der Waals surface area (Å²) in [5, 5.41) is 4.38. The molecule has 0 spiro atoms. The second-order valence-corrected chi connectivity index (χ2v) is 6.43. The van der Waals surface area contributed by atoms with E-state index in [-0.39, 0.29) is 5.91 Å². The van der Waals surface area contributed by atoms with Gasteiger partial charge in [0.25, 0.3) is 5.91 Å². The molecule has 2 fully saturated rings. The van der Waals surface area contributed by atoms with Crippen LogP contribution in [0.5, 0.6) is 0 Å². The number of carbonyl (C=O) groups is 1. The molecule has 1 saturated heterocycles. The van der Waals surface area contributed by atoms with Gasteiger partial charge in [0.15, 0.2) is 0 Å². The van der Waals surface area contributed by atoms with Crippen LogP contribution in [0, 0.1) is 0 Å². The number of hydrogen-bond donors (Lipinski definition) is 1. The van der Waals surface area contributed by atoms with Crippen LogP contribution in [0.15, 0.2) is 18.2 Å². The number of carbonyl (C=O) groups excluding carboxylic acids is 1. The Balaban J connectivity index is 1.75. The first-order chi connectivity index (χ1) is 9.65. The molecular weight excluding hydrogens is 295 g/mol. The molecule has 3 nitrogen and oxygen atoms in total. The predicted molar refractivity (Wildman–Crippen MR) is 81.5 cm³/mol. The molecule has 1 saturated carbocycles. The molecule has 0 aromatic heterocycles. The third-order valence-corrected chi connectivity index (χ3v) is 4.73. The Morgan fingerprint density at radius 3 is 2.65 bits per heavy atom. The Morgan fingerprint density at radius 2 is 2.05 bits per heavy atom. The van der Waals surface area contributed by atoms with Crippen molar-refractivity contribution >= 4 is 29.1 Å². The van der Waals surface area contributed by atoms with E-state index >= 15 is 0 Å². The molecule has 1 heterocycles. The van der Waals surface area contributed by atoms with Crippen molar-refractivity contribution in [1.29, 1.82) is 0 Å². The van der Waals surface area contributed by atoms with E-state index in [2.05, 4.69) is 5.32 Å². The number of halogens is 2. The van der Waals surface area contributed by atoms with E-state index in [4.69, 9.17) is 23.2 Å². The van der Waals surface area contributed by atoms with E-state index in [0.717, 1.165) is 32.4 Å².